The molecule has 0 heterocycles. The molecule has 0 aliphatic rings. The zero-order valence-corrected chi connectivity index (χ0v) is 43.6. The van der Waals surface area contributed by atoms with Crippen LogP contribution in [0.1, 0.15) is 213 Å². The van der Waals surface area contributed by atoms with Crippen LogP contribution < -0.4 is 0 Å². The first-order valence-corrected chi connectivity index (χ1v) is 28.9. The number of hydrogen-bond donors (Lipinski definition) is 5. The van der Waals surface area contributed by atoms with Gasteiger partial charge in [0.1, 0.15) is 12.7 Å². The molecule has 0 aromatic rings. The van der Waals surface area contributed by atoms with Crippen molar-refractivity contribution in [2.45, 2.75) is 232 Å². The van der Waals surface area contributed by atoms with E-state index in [0.717, 1.165) is 31.6 Å². The first-order valence-electron chi connectivity index (χ1n) is 25.8. The zero-order valence-electron chi connectivity index (χ0n) is 41.8. The van der Waals surface area contributed by atoms with E-state index in [4.69, 9.17) is 28.3 Å². The van der Waals surface area contributed by atoms with Gasteiger partial charge < -0.3 is 34.4 Å². The molecule has 0 aromatic carbocycles. The summed E-state index contributed by atoms with van der Waals surface area (Å²) in [6.45, 7) is 4.00. The molecule has 0 spiro atoms. The van der Waals surface area contributed by atoms with Crippen molar-refractivity contribution in [3.8, 4) is 0 Å². The highest BCUT2D eigenvalue weighted by Crippen LogP contribution is 2.44. The highest BCUT2D eigenvalue weighted by atomic mass is 31.2. The van der Waals surface area contributed by atoms with Crippen molar-refractivity contribution in [1.82, 2.24) is 0 Å². The van der Waals surface area contributed by atoms with E-state index in [-0.39, 0.29) is 12.8 Å². The van der Waals surface area contributed by atoms with Gasteiger partial charge in [0.25, 0.3) is 0 Å². The van der Waals surface area contributed by atoms with Crippen LogP contribution in [0.5, 0.6) is 0 Å². The van der Waals surface area contributed by atoms with Gasteiger partial charge in [-0.15, -0.1) is 0 Å². The third-order valence-corrected chi connectivity index (χ3v) is 12.8. The van der Waals surface area contributed by atoms with Gasteiger partial charge in [-0.2, -0.15) is 0 Å². The van der Waals surface area contributed by atoms with Crippen LogP contribution in [0.15, 0.2) is 48.6 Å². The summed E-state index contributed by atoms with van der Waals surface area (Å²) in [5.74, 6) is -0.251. The second-order valence-electron chi connectivity index (χ2n) is 17.9. The maximum Gasteiger partial charge on any atom is 0.472 e. The molecule has 0 saturated carbocycles. The van der Waals surface area contributed by atoms with E-state index in [2.05, 4.69) is 31.4 Å². The fourth-order valence-corrected chi connectivity index (χ4v) is 8.15. The van der Waals surface area contributed by atoms with E-state index in [1.807, 2.05) is 36.5 Å². The van der Waals surface area contributed by atoms with Gasteiger partial charge in [0.05, 0.1) is 25.9 Å². The highest BCUT2D eigenvalue weighted by molar-refractivity contribution is 7.47. The van der Waals surface area contributed by atoms with Crippen LogP contribution in [0, 0.1) is 5.92 Å². The van der Waals surface area contributed by atoms with Crippen molar-refractivity contribution < 1.29 is 66.7 Å². The first-order chi connectivity index (χ1) is 32.2. The van der Waals surface area contributed by atoms with E-state index in [1.54, 1.807) is 6.08 Å². The lowest BCUT2D eigenvalue weighted by Gasteiger charge is -2.20. The quantitative estimate of drug-likeness (QED) is 0.0126. The summed E-state index contributed by atoms with van der Waals surface area (Å²) in [4.78, 5) is 52.9. The molecule has 0 aliphatic carbocycles. The number of phosphoric ester groups is 2. The Balaban J connectivity index is 4.50. The molecular weight excluding hydrogens is 898 g/mol. The number of rotatable bonds is 48. The number of unbranched alkanes of at least 4 members (excludes halogenated alkanes) is 21. The highest BCUT2D eigenvalue weighted by Gasteiger charge is 2.28. The van der Waals surface area contributed by atoms with Crippen molar-refractivity contribution in [3.63, 3.8) is 0 Å². The molecule has 2 unspecified atom stereocenters. The summed E-state index contributed by atoms with van der Waals surface area (Å²) in [6.07, 6.45) is 44.1. The van der Waals surface area contributed by atoms with Crippen LogP contribution in [0.4, 0.5) is 0 Å². The molecule has 67 heavy (non-hydrogen) atoms. The molecule has 392 valence electrons. The van der Waals surface area contributed by atoms with E-state index in [1.165, 1.54) is 122 Å². The molecule has 0 bridgehead atoms. The Morgan fingerprint density at radius 2 is 1.07 bits per heavy atom. The van der Waals surface area contributed by atoms with Crippen LogP contribution in [0.2, 0.25) is 0 Å². The average Bonchev–Trinajstić information content (AvgIpc) is 3.29. The van der Waals surface area contributed by atoms with Crippen LogP contribution >= 0.6 is 15.6 Å². The summed E-state index contributed by atoms with van der Waals surface area (Å²) >= 11 is 0. The summed E-state index contributed by atoms with van der Waals surface area (Å²) in [5, 5.41) is 19.8. The van der Waals surface area contributed by atoms with Gasteiger partial charge in [0.15, 0.2) is 6.10 Å². The molecule has 0 radical (unpaired) electrons. The molecule has 16 heteroatoms. The first kappa shape index (κ1) is 65.0. The molecular formula is C51H94O14P2. The van der Waals surface area contributed by atoms with Gasteiger partial charge in [-0.25, -0.2) is 9.13 Å². The number of phosphoric acid groups is 2. The van der Waals surface area contributed by atoms with Gasteiger partial charge in [-0.05, 0) is 50.9 Å². The van der Waals surface area contributed by atoms with Gasteiger partial charge in [-0.3, -0.25) is 23.2 Å². The molecule has 0 aromatic heterocycles. The lowest BCUT2D eigenvalue weighted by Crippen LogP contribution is -2.30. The predicted octanol–water partition coefficient (Wildman–Crippen LogP) is 13.0. The molecule has 0 saturated heterocycles. The van der Waals surface area contributed by atoms with Crippen LogP contribution in [0.25, 0.3) is 0 Å². The predicted molar refractivity (Wildman–Crippen MR) is 268 cm³/mol. The second-order valence-corrected chi connectivity index (χ2v) is 20.6. The van der Waals surface area contributed by atoms with Gasteiger partial charge in [0.2, 0.25) is 0 Å². The minimum Gasteiger partial charge on any atom is -0.462 e. The summed E-state index contributed by atoms with van der Waals surface area (Å²) < 4.78 is 47.9. The van der Waals surface area contributed by atoms with Crippen molar-refractivity contribution in [2.75, 3.05) is 26.4 Å². The number of allylic oxidation sites excluding steroid dienone is 6. The molecule has 5 atom stereocenters. The lowest BCUT2D eigenvalue weighted by atomic mass is 9.99. The fourth-order valence-electron chi connectivity index (χ4n) is 6.99. The number of hydrogen-bond acceptors (Lipinski definition) is 11. The normalized spacial score (nSPS) is 15.2. The van der Waals surface area contributed by atoms with Crippen LogP contribution in [-0.4, -0.2) is 81.6 Å². The van der Waals surface area contributed by atoms with E-state index >= 15 is 0 Å². The zero-order chi connectivity index (χ0) is 49.7. The van der Waals surface area contributed by atoms with Gasteiger partial charge in [0, 0.05) is 12.8 Å². The van der Waals surface area contributed by atoms with Gasteiger partial charge >= 0.3 is 27.6 Å². The maximum atomic E-state index is 12.7. The Bertz CT molecular complexity index is 1400. The van der Waals surface area contributed by atoms with Crippen molar-refractivity contribution in [2.24, 2.45) is 5.92 Å². The standard InChI is InChI=1S/C51H94O14P2/c1-4-6-7-8-28-33-38-47(52)39-34-29-24-21-22-25-30-35-40-50(54)61-44-49(45-64-67(59,60)63-43-48(53)42-62-66(56,57)58)65-51(55)41-36-31-26-20-18-16-14-12-10-9-11-13-15-17-19-23-27-32-37-46(3)5-2/h22,24-25,28-29,33-34,39,46-49,52-53H,4-21,23,26-27,30-32,35-38,40-45H2,1-3H3,(H,59,60)(H2,56,57,58)/b25-22-,29-24-,33-28-,39-34+/t46?,47-,48+,49-/m1/s1. The second kappa shape index (κ2) is 45.2. The summed E-state index contributed by atoms with van der Waals surface area (Å²) in [6, 6.07) is 0. The molecule has 0 rings (SSSR count). The minimum absolute atomic E-state index is 0.0879. The fraction of sp³-hybridized carbons (Fsp3) is 0.804. The smallest absolute Gasteiger partial charge is 0.462 e. The third kappa shape index (κ3) is 48.8. The molecule has 14 nitrogen and oxygen atoms in total. The third-order valence-electron chi connectivity index (χ3n) is 11.3. The summed E-state index contributed by atoms with van der Waals surface area (Å²) in [5.41, 5.74) is 0. The number of carbonyl (C=O) groups is 2. The van der Waals surface area contributed by atoms with Crippen molar-refractivity contribution >= 4 is 27.6 Å². The van der Waals surface area contributed by atoms with Crippen molar-refractivity contribution in [1.29, 1.82) is 0 Å². The van der Waals surface area contributed by atoms with Crippen LogP contribution in [0.3, 0.4) is 0 Å². The Morgan fingerprint density at radius 1 is 0.552 bits per heavy atom. The molecule has 5 N–H and O–H groups in total. The maximum absolute atomic E-state index is 12.7. The lowest BCUT2D eigenvalue weighted by molar-refractivity contribution is -0.161. The van der Waals surface area contributed by atoms with E-state index < -0.39 is 72.3 Å². The SMILES string of the molecule is CCCCC/C=C\C[C@@H](O)/C=C/C=C\C/C=C\CCCC(=O)OC[C@H](COP(=O)(O)OC[C@@H](O)COP(=O)(O)O)OC(=O)CCCCCCCCCCCCCCCCCCCCC(C)CC. The minimum atomic E-state index is -4.88. The van der Waals surface area contributed by atoms with E-state index in [0.29, 0.717) is 32.1 Å². The summed E-state index contributed by atoms with van der Waals surface area (Å²) in [7, 11) is -9.72. The Kier molecular flexibility index (Phi) is 43.9. The number of esters is 2. The monoisotopic (exact) mass is 993 g/mol. The van der Waals surface area contributed by atoms with Crippen LogP contribution in [-0.2, 0) is 41.8 Å². The van der Waals surface area contributed by atoms with Crippen molar-refractivity contribution in [3.05, 3.63) is 48.6 Å². The number of aliphatic hydroxyl groups excluding tert-OH is 2. The number of carbonyl (C=O) groups excluding carboxylic acids is 2. The van der Waals surface area contributed by atoms with Gasteiger partial charge in [-0.1, -0.05) is 204 Å². The Hall–Kier alpha value is -1.96. The number of aliphatic hydroxyl groups is 2. The van der Waals surface area contributed by atoms with E-state index in [9.17, 15) is 33.8 Å². The molecule has 0 aliphatic heterocycles. The topological polar surface area (TPSA) is 216 Å². The average molecular weight is 993 g/mol. The molecule has 0 fully saturated rings. The number of ether oxygens (including phenoxy) is 2. The Labute approximate surface area is 405 Å². The largest absolute Gasteiger partial charge is 0.472 e. The molecule has 0 amide bonds. The Morgan fingerprint density at radius 3 is 1.66 bits per heavy atom.